The number of hydrogen-bond donors (Lipinski definition) is 2. The topological polar surface area (TPSA) is 71.3 Å². The van der Waals surface area contributed by atoms with Crippen LogP contribution in [0.3, 0.4) is 0 Å². The Morgan fingerprint density at radius 3 is 2.45 bits per heavy atom. The van der Waals surface area contributed by atoms with E-state index in [0.29, 0.717) is 5.69 Å². The normalized spacial score (nSPS) is 13.3. The van der Waals surface area contributed by atoms with E-state index in [0.717, 1.165) is 5.56 Å². The molecule has 0 saturated heterocycles. The van der Waals surface area contributed by atoms with Gasteiger partial charge >= 0.3 is 0 Å². The molecule has 108 valence electrons. The molecule has 2 rings (SSSR count). The van der Waals surface area contributed by atoms with E-state index in [2.05, 4.69) is 4.72 Å². The summed E-state index contributed by atoms with van der Waals surface area (Å²) in [6.45, 7) is 1.83. The van der Waals surface area contributed by atoms with Crippen molar-refractivity contribution in [2.75, 3.05) is 6.54 Å². The number of hydrogen-bond acceptors (Lipinski definition) is 3. The maximum atomic E-state index is 12.1. The largest absolute Gasteiger partial charge is 0.386 e. The van der Waals surface area contributed by atoms with Crippen molar-refractivity contribution in [1.82, 2.24) is 9.29 Å². The lowest BCUT2D eigenvalue weighted by atomic mass is 10.2. The minimum atomic E-state index is -3.60. The summed E-state index contributed by atoms with van der Waals surface area (Å²) < 4.78 is 28.3. The van der Waals surface area contributed by atoms with E-state index in [1.807, 2.05) is 6.92 Å². The summed E-state index contributed by atoms with van der Waals surface area (Å²) in [5.41, 5.74) is 1.66. The Kier molecular flexibility index (Phi) is 4.27. The molecule has 1 atom stereocenters. The molecule has 0 bridgehead atoms. The number of nitrogens with one attached hydrogen (secondary N) is 1. The van der Waals surface area contributed by atoms with Gasteiger partial charge in [0, 0.05) is 25.5 Å². The van der Waals surface area contributed by atoms with Gasteiger partial charge < -0.3 is 9.67 Å². The number of sulfonamides is 1. The van der Waals surface area contributed by atoms with E-state index in [1.54, 1.807) is 54.2 Å². The highest BCUT2D eigenvalue weighted by atomic mass is 32.2. The van der Waals surface area contributed by atoms with Gasteiger partial charge in [-0.25, -0.2) is 13.1 Å². The van der Waals surface area contributed by atoms with Crippen molar-refractivity contribution in [1.29, 1.82) is 0 Å². The molecule has 0 aliphatic rings. The molecular weight excluding hydrogens is 276 g/mol. The smallest absolute Gasteiger partial charge is 0.240 e. The number of aryl methyl sites for hydroxylation is 2. The van der Waals surface area contributed by atoms with Gasteiger partial charge in [-0.1, -0.05) is 17.7 Å². The zero-order valence-electron chi connectivity index (χ0n) is 11.4. The molecule has 0 spiro atoms. The molecule has 0 saturated carbocycles. The average Bonchev–Trinajstić information content (AvgIpc) is 2.83. The maximum absolute atomic E-state index is 12.1. The van der Waals surface area contributed by atoms with Gasteiger partial charge in [-0.05, 0) is 31.2 Å². The second-order valence-electron chi connectivity index (χ2n) is 4.72. The summed E-state index contributed by atoms with van der Waals surface area (Å²) in [7, 11) is -1.80. The SMILES string of the molecule is Cc1ccc(S(=O)(=O)NCC(O)c2cccn2C)cc1. The summed E-state index contributed by atoms with van der Waals surface area (Å²) in [5.74, 6) is 0. The maximum Gasteiger partial charge on any atom is 0.240 e. The van der Waals surface area contributed by atoms with Crippen LogP contribution in [0.5, 0.6) is 0 Å². The van der Waals surface area contributed by atoms with Gasteiger partial charge in [0.25, 0.3) is 0 Å². The fourth-order valence-electron chi connectivity index (χ4n) is 1.91. The highest BCUT2D eigenvalue weighted by molar-refractivity contribution is 7.89. The minimum Gasteiger partial charge on any atom is -0.386 e. The van der Waals surface area contributed by atoms with Crippen LogP contribution >= 0.6 is 0 Å². The molecule has 6 heteroatoms. The predicted molar refractivity (Wildman–Crippen MR) is 76.7 cm³/mol. The van der Waals surface area contributed by atoms with E-state index < -0.39 is 16.1 Å². The Morgan fingerprint density at radius 1 is 1.25 bits per heavy atom. The summed E-state index contributed by atoms with van der Waals surface area (Å²) in [6, 6.07) is 10.1. The Balaban J connectivity index is 2.06. The first-order chi connectivity index (χ1) is 9.40. The minimum absolute atomic E-state index is 0.0614. The predicted octanol–water partition coefficient (Wildman–Crippen LogP) is 1.35. The summed E-state index contributed by atoms with van der Waals surface area (Å²) in [4.78, 5) is 0.196. The Morgan fingerprint density at radius 2 is 1.90 bits per heavy atom. The fraction of sp³-hybridized carbons (Fsp3) is 0.286. The molecule has 2 N–H and O–H groups in total. The zero-order valence-corrected chi connectivity index (χ0v) is 12.3. The molecule has 20 heavy (non-hydrogen) atoms. The number of benzene rings is 1. The Bertz CT molecular complexity index is 675. The molecule has 0 fully saturated rings. The van der Waals surface area contributed by atoms with Crippen molar-refractivity contribution >= 4 is 10.0 Å². The number of aliphatic hydroxyl groups excluding tert-OH is 1. The number of aromatic nitrogens is 1. The lowest BCUT2D eigenvalue weighted by Crippen LogP contribution is -2.29. The highest BCUT2D eigenvalue weighted by Crippen LogP contribution is 2.14. The van der Waals surface area contributed by atoms with Gasteiger partial charge in [0.15, 0.2) is 0 Å². The van der Waals surface area contributed by atoms with Crippen LogP contribution in [0.25, 0.3) is 0 Å². The molecule has 1 aromatic heterocycles. The second kappa shape index (κ2) is 5.78. The van der Waals surface area contributed by atoms with Gasteiger partial charge in [-0.3, -0.25) is 0 Å². The van der Waals surface area contributed by atoms with Crippen molar-refractivity contribution in [2.24, 2.45) is 7.05 Å². The molecular formula is C14H18N2O3S. The molecule has 1 aromatic carbocycles. The third-order valence-corrected chi connectivity index (χ3v) is 4.56. The van der Waals surface area contributed by atoms with Gasteiger partial charge in [0.2, 0.25) is 10.0 Å². The molecule has 1 unspecified atom stereocenters. The van der Waals surface area contributed by atoms with Crippen LogP contribution in [-0.4, -0.2) is 24.6 Å². The van der Waals surface area contributed by atoms with Gasteiger partial charge in [-0.15, -0.1) is 0 Å². The van der Waals surface area contributed by atoms with E-state index in [-0.39, 0.29) is 11.4 Å². The quantitative estimate of drug-likeness (QED) is 0.874. The molecule has 0 amide bonds. The van der Waals surface area contributed by atoms with Crippen LogP contribution in [0.15, 0.2) is 47.5 Å². The van der Waals surface area contributed by atoms with Crippen LogP contribution < -0.4 is 4.72 Å². The van der Waals surface area contributed by atoms with Crippen LogP contribution in [0.2, 0.25) is 0 Å². The summed E-state index contributed by atoms with van der Waals surface area (Å²) in [5, 5.41) is 10.00. The van der Waals surface area contributed by atoms with E-state index in [4.69, 9.17) is 0 Å². The number of rotatable bonds is 5. The molecule has 2 aromatic rings. The summed E-state index contributed by atoms with van der Waals surface area (Å²) >= 11 is 0. The van der Waals surface area contributed by atoms with E-state index in [1.165, 1.54) is 0 Å². The van der Waals surface area contributed by atoms with Crippen molar-refractivity contribution < 1.29 is 13.5 Å². The van der Waals surface area contributed by atoms with E-state index >= 15 is 0 Å². The fourth-order valence-corrected chi connectivity index (χ4v) is 2.95. The average molecular weight is 294 g/mol. The standard InChI is InChI=1S/C14H18N2O3S/c1-11-5-7-12(8-6-11)20(18,19)15-10-14(17)13-4-3-9-16(13)2/h3-9,14-15,17H,10H2,1-2H3. The molecule has 5 nitrogen and oxygen atoms in total. The monoisotopic (exact) mass is 294 g/mol. The van der Waals surface area contributed by atoms with Crippen molar-refractivity contribution in [2.45, 2.75) is 17.9 Å². The van der Waals surface area contributed by atoms with Crippen LogP contribution in [0.4, 0.5) is 0 Å². The molecule has 0 aliphatic carbocycles. The zero-order chi connectivity index (χ0) is 14.8. The number of nitrogens with zero attached hydrogens (tertiary/aromatic N) is 1. The molecule has 0 aliphatic heterocycles. The third kappa shape index (κ3) is 3.27. The first-order valence-electron chi connectivity index (χ1n) is 6.26. The highest BCUT2D eigenvalue weighted by Gasteiger charge is 2.17. The van der Waals surface area contributed by atoms with Crippen molar-refractivity contribution in [3.05, 3.63) is 53.9 Å². The first-order valence-corrected chi connectivity index (χ1v) is 7.74. The van der Waals surface area contributed by atoms with Crippen LogP contribution in [-0.2, 0) is 17.1 Å². The van der Waals surface area contributed by atoms with Gasteiger partial charge in [0.05, 0.1) is 4.90 Å². The van der Waals surface area contributed by atoms with Crippen molar-refractivity contribution in [3.63, 3.8) is 0 Å². The van der Waals surface area contributed by atoms with E-state index in [9.17, 15) is 13.5 Å². The third-order valence-electron chi connectivity index (χ3n) is 3.12. The summed E-state index contributed by atoms with van der Waals surface area (Å²) in [6.07, 6.45) is 0.919. The Labute approximate surface area is 118 Å². The second-order valence-corrected chi connectivity index (χ2v) is 6.49. The van der Waals surface area contributed by atoms with Gasteiger partial charge in [0.1, 0.15) is 6.10 Å². The lowest BCUT2D eigenvalue weighted by Gasteiger charge is -2.13. The van der Waals surface area contributed by atoms with Crippen LogP contribution in [0.1, 0.15) is 17.4 Å². The Hall–Kier alpha value is -1.63. The van der Waals surface area contributed by atoms with Crippen LogP contribution in [0, 0.1) is 6.92 Å². The van der Waals surface area contributed by atoms with Gasteiger partial charge in [-0.2, -0.15) is 0 Å². The molecule has 1 heterocycles. The lowest BCUT2D eigenvalue weighted by molar-refractivity contribution is 0.173. The number of aliphatic hydroxyl groups is 1. The molecule has 0 radical (unpaired) electrons. The van der Waals surface area contributed by atoms with Crippen molar-refractivity contribution in [3.8, 4) is 0 Å². The first kappa shape index (κ1) is 14.8.